The Morgan fingerprint density at radius 2 is 0.718 bits per heavy atom. The van der Waals surface area contributed by atoms with E-state index in [1.165, 1.54) is 132 Å². The highest BCUT2D eigenvalue weighted by molar-refractivity contribution is 6.24. The Kier molecular flexibility index (Phi) is 8.45. The summed E-state index contributed by atoms with van der Waals surface area (Å²) in [6.45, 7) is 4.76. The van der Waals surface area contributed by atoms with Gasteiger partial charge in [0, 0.05) is 38.3 Å². The summed E-state index contributed by atoms with van der Waals surface area (Å²) in [6, 6.07) is 90.9. The molecule has 2 heteroatoms. The van der Waals surface area contributed by atoms with Gasteiger partial charge in [0.2, 0.25) is 0 Å². The Bertz CT molecular complexity index is 4450. The van der Waals surface area contributed by atoms with E-state index >= 15 is 0 Å². The number of fused-ring (bicyclic) bond motifs is 12. The van der Waals surface area contributed by atoms with E-state index in [9.17, 15) is 0 Å². The van der Waals surface area contributed by atoms with E-state index in [1.54, 1.807) is 0 Å². The van der Waals surface area contributed by atoms with Crippen molar-refractivity contribution >= 4 is 75.9 Å². The molecule has 0 amide bonds. The molecule has 0 aliphatic heterocycles. The highest BCUT2D eigenvalue weighted by Crippen LogP contribution is 2.52. The van der Waals surface area contributed by atoms with Crippen molar-refractivity contribution < 1.29 is 0 Å². The molecule has 332 valence electrons. The Balaban J connectivity index is 1.08. The van der Waals surface area contributed by atoms with E-state index in [2.05, 4.69) is 266 Å². The zero-order chi connectivity index (χ0) is 47.0. The molecule has 2 nitrogen and oxygen atoms in total. The molecule has 2 aromatic heterocycles. The maximum absolute atomic E-state index is 2.48. The van der Waals surface area contributed by atoms with Crippen LogP contribution in [-0.2, 0) is 5.41 Å². The SMILES string of the molecule is CC1(C)c2ccccc2-c2ccc(-c3ccccc3-c3c4ccc(-n5c6ccccc6c6ccccc65)cc4c(-c4ccc5ccccc5c4)c4ccc(-n5c6ccccc6c6ccccc65)cc34)cc21. The number of hydrogen-bond acceptors (Lipinski definition) is 0. The van der Waals surface area contributed by atoms with Gasteiger partial charge in [-0.3, -0.25) is 0 Å². The number of benzene rings is 12. The van der Waals surface area contributed by atoms with Crippen LogP contribution < -0.4 is 0 Å². The van der Waals surface area contributed by atoms with E-state index in [1.807, 2.05) is 0 Å². The fourth-order valence-corrected chi connectivity index (χ4v) is 12.7. The standard InChI is InChI=1S/C69H46N2/c1-69(2)61-26-12-7-20-50(61)51-36-33-45(40-62(51)69)49-19-5-6-25-56(49)68-58-38-35-47(70-63-27-13-8-21-52(63)53-22-9-14-28-64(53)70)41-59(58)67(46-32-31-43-17-3-4-18-44(43)39-46)57-37-34-48(42-60(57)68)71-65-29-15-10-23-54(65)55-24-11-16-30-66(55)71/h3-42H,1-2H3. The Morgan fingerprint density at radius 3 is 1.32 bits per heavy atom. The highest BCUT2D eigenvalue weighted by atomic mass is 15.0. The van der Waals surface area contributed by atoms with Gasteiger partial charge in [-0.2, -0.15) is 0 Å². The molecule has 14 aromatic rings. The van der Waals surface area contributed by atoms with E-state index in [0.29, 0.717) is 0 Å². The summed E-state index contributed by atoms with van der Waals surface area (Å²) in [5.74, 6) is 0. The summed E-state index contributed by atoms with van der Waals surface area (Å²) in [5.41, 5.74) is 19.7. The Labute approximate surface area is 411 Å². The lowest BCUT2D eigenvalue weighted by atomic mass is 9.80. The van der Waals surface area contributed by atoms with Crippen LogP contribution in [-0.4, -0.2) is 9.13 Å². The molecule has 0 bridgehead atoms. The third kappa shape index (κ3) is 5.76. The zero-order valence-corrected chi connectivity index (χ0v) is 39.5. The second-order valence-electron chi connectivity index (χ2n) is 20.0. The first-order chi connectivity index (χ1) is 35.0. The lowest BCUT2D eigenvalue weighted by Gasteiger charge is -2.23. The van der Waals surface area contributed by atoms with Gasteiger partial charge in [0.15, 0.2) is 0 Å². The first-order valence-electron chi connectivity index (χ1n) is 24.8. The third-order valence-electron chi connectivity index (χ3n) is 15.9. The third-order valence-corrected chi connectivity index (χ3v) is 15.9. The molecule has 0 saturated heterocycles. The van der Waals surface area contributed by atoms with E-state index in [0.717, 1.165) is 11.4 Å². The lowest BCUT2D eigenvalue weighted by molar-refractivity contribution is 0.660. The maximum Gasteiger partial charge on any atom is 0.0541 e. The summed E-state index contributed by atoms with van der Waals surface area (Å²) >= 11 is 0. The molecule has 12 aromatic carbocycles. The average Bonchev–Trinajstić information content (AvgIpc) is 4.02. The molecule has 1 aliphatic carbocycles. The second kappa shape index (κ2) is 15.0. The van der Waals surface area contributed by atoms with E-state index in [-0.39, 0.29) is 5.41 Å². The molecular weight excluding hydrogens is 857 g/mol. The topological polar surface area (TPSA) is 9.86 Å². The van der Waals surface area contributed by atoms with Crippen LogP contribution in [0.5, 0.6) is 0 Å². The van der Waals surface area contributed by atoms with Crippen molar-refractivity contribution in [3.8, 4) is 55.9 Å². The lowest BCUT2D eigenvalue weighted by Crippen LogP contribution is -2.14. The van der Waals surface area contributed by atoms with Gasteiger partial charge in [-0.15, -0.1) is 0 Å². The van der Waals surface area contributed by atoms with Gasteiger partial charge in [0.1, 0.15) is 0 Å². The Hall–Kier alpha value is -8.98. The summed E-state index contributed by atoms with van der Waals surface area (Å²) < 4.78 is 4.92. The number of rotatable bonds is 5. The van der Waals surface area contributed by atoms with E-state index in [4.69, 9.17) is 0 Å². The first kappa shape index (κ1) is 40.0. The van der Waals surface area contributed by atoms with Crippen molar-refractivity contribution in [2.45, 2.75) is 19.3 Å². The van der Waals surface area contributed by atoms with Crippen molar-refractivity contribution in [1.29, 1.82) is 0 Å². The minimum atomic E-state index is -0.127. The van der Waals surface area contributed by atoms with Crippen molar-refractivity contribution in [1.82, 2.24) is 9.13 Å². The molecule has 0 atom stereocenters. The molecule has 2 heterocycles. The minimum Gasteiger partial charge on any atom is -0.309 e. The molecule has 0 spiro atoms. The molecule has 0 N–H and O–H groups in total. The van der Waals surface area contributed by atoms with E-state index < -0.39 is 0 Å². The average molecular weight is 903 g/mol. The van der Waals surface area contributed by atoms with Crippen LogP contribution in [0.2, 0.25) is 0 Å². The fraction of sp³-hybridized carbons (Fsp3) is 0.0435. The number of para-hydroxylation sites is 4. The van der Waals surface area contributed by atoms with Crippen LogP contribution in [0.4, 0.5) is 0 Å². The summed E-state index contributed by atoms with van der Waals surface area (Å²) in [4.78, 5) is 0. The number of hydrogen-bond donors (Lipinski definition) is 0. The highest BCUT2D eigenvalue weighted by Gasteiger charge is 2.35. The van der Waals surface area contributed by atoms with Crippen LogP contribution in [0.15, 0.2) is 243 Å². The smallest absolute Gasteiger partial charge is 0.0541 e. The van der Waals surface area contributed by atoms with Crippen molar-refractivity contribution in [3.05, 3.63) is 254 Å². The monoisotopic (exact) mass is 902 g/mol. The molecule has 0 unspecified atom stereocenters. The molecule has 71 heavy (non-hydrogen) atoms. The fourth-order valence-electron chi connectivity index (χ4n) is 12.7. The molecule has 0 fully saturated rings. The van der Waals surface area contributed by atoms with Gasteiger partial charge in [-0.1, -0.05) is 196 Å². The second-order valence-corrected chi connectivity index (χ2v) is 20.0. The van der Waals surface area contributed by atoms with Crippen LogP contribution >= 0.6 is 0 Å². The van der Waals surface area contributed by atoms with Gasteiger partial charge < -0.3 is 9.13 Å². The molecule has 0 saturated carbocycles. The van der Waals surface area contributed by atoms with Gasteiger partial charge >= 0.3 is 0 Å². The largest absolute Gasteiger partial charge is 0.309 e. The van der Waals surface area contributed by atoms with Crippen LogP contribution in [0, 0.1) is 0 Å². The number of nitrogens with zero attached hydrogens (tertiary/aromatic N) is 2. The molecule has 1 aliphatic rings. The van der Waals surface area contributed by atoms with Gasteiger partial charge in [-0.05, 0) is 149 Å². The zero-order valence-electron chi connectivity index (χ0n) is 39.5. The predicted molar refractivity (Wildman–Crippen MR) is 302 cm³/mol. The molecule has 0 radical (unpaired) electrons. The van der Waals surface area contributed by atoms with Crippen molar-refractivity contribution in [2.24, 2.45) is 0 Å². The van der Waals surface area contributed by atoms with Gasteiger partial charge in [-0.25, -0.2) is 0 Å². The minimum absolute atomic E-state index is 0.127. The van der Waals surface area contributed by atoms with Gasteiger partial charge in [0.05, 0.1) is 22.1 Å². The Morgan fingerprint density at radius 1 is 0.268 bits per heavy atom. The summed E-state index contributed by atoms with van der Waals surface area (Å²) in [7, 11) is 0. The van der Waals surface area contributed by atoms with Crippen molar-refractivity contribution in [2.75, 3.05) is 0 Å². The normalized spacial score (nSPS) is 13.0. The van der Waals surface area contributed by atoms with Crippen LogP contribution in [0.3, 0.4) is 0 Å². The summed E-state index contributed by atoms with van der Waals surface area (Å²) in [5, 5.41) is 12.3. The first-order valence-corrected chi connectivity index (χ1v) is 24.8. The van der Waals surface area contributed by atoms with Crippen LogP contribution in [0.25, 0.3) is 132 Å². The molecule has 15 rings (SSSR count). The van der Waals surface area contributed by atoms with Crippen molar-refractivity contribution in [3.63, 3.8) is 0 Å². The predicted octanol–water partition coefficient (Wildman–Crippen LogP) is 18.6. The molecular formula is C69H46N2. The summed E-state index contributed by atoms with van der Waals surface area (Å²) in [6.07, 6.45) is 0. The number of aromatic nitrogens is 2. The maximum atomic E-state index is 2.48. The van der Waals surface area contributed by atoms with Gasteiger partial charge in [0.25, 0.3) is 0 Å². The van der Waals surface area contributed by atoms with Crippen LogP contribution in [0.1, 0.15) is 25.0 Å². The quantitative estimate of drug-likeness (QED) is 0.152.